The number of fused-ring (bicyclic) bond motifs is 1. The fraction of sp³-hybridized carbons (Fsp3) is 0.391. The maximum Gasteiger partial charge on any atom is 0.222 e. The van der Waals surface area contributed by atoms with Crippen molar-refractivity contribution in [2.24, 2.45) is 0 Å². The van der Waals surface area contributed by atoms with E-state index in [9.17, 15) is 4.79 Å². The van der Waals surface area contributed by atoms with Gasteiger partial charge in [0.25, 0.3) is 0 Å². The van der Waals surface area contributed by atoms with Crippen molar-refractivity contribution in [1.82, 2.24) is 14.8 Å². The molecule has 2 aromatic carbocycles. The second kappa shape index (κ2) is 8.41. The summed E-state index contributed by atoms with van der Waals surface area (Å²) in [5, 5.41) is 1.15. The van der Waals surface area contributed by atoms with E-state index in [1.807, 2.05) is 11.0 Å². The van der Waals surface area contributed by atoms with Crippen LogP contribution in [0.2, 0.25) is 0 Å². The van der Waals surface area contributed by atoms with Gasteiger partial charge in [0.2, 0.25) is 5.91 Å². The Morgan fingerprint density at radius 3 is 2.86 bits per heavy atom. The van der Waals surface area contributed by atoms with E-state index in [4.69, 9.17) is 4.98 Å². The number of rotatable bonds is 5. The molecule has 3 aromatic rings. The van der Waals surface area contributed by atoms with Crippen LogP contribution in [0.4, 0.5) is 0 Å². The van der Waals surface area contributed by atoms with E-state index in [-0.39, 0.29) is 5.91 Å². The number of amides is 1. The lowest BCUT2D eigenvalue weighted by Gasteiger charge is -2.26. The van der Waals surface area contributed by atoms with Crippen LogP contribution in [0, 0.1) is 6.92 Å². The minimum atomic E-state index is 0.275. The highest BCUT2D eigenvalue weighted by molar-refractivity contribution is 7.18. The molecule has 1 amide bonds. The van der Waals surface area contributed by atoms with Crippen LogP contribution in [0.25, 0.3) is 10.2 Å². The Bertz CT molecular complexity index is 934. The predicted octanol–water partition coefficient (Wildman–Crippen LogP) is 4.62. The summed E-state index contributed by atoms with van der Waals surface area (Å²) in [6.07, 6.45) is 2.56. The van der Waals surface area contributed by atoms with Gasteiger partial charge in [0.15, 0.2) is 0 Å². The van der Waals surface area contributed by atoms with Gasteiger partial charge in [-0.05, 0) is 44.5 Å². The molecule has 0 aliphatic carbocycles. The van der Waals surface area contributed by atoms with Crippen molar-refractivity contribution in [3.05, 3.63) is 64.7 Å². The summed E-state index contributed by atoms with van der Waals surface area (Å²) in [5.74, 6) is 0.275. The van der Waals surface area contributed by atoms with Crippen molar-refractivity contribution in [2.45, 2.75) is 45.3 Å². The Morgan fingerprint density at radius 2 is 2.04 bits per heavy atom. The average molecular weight is 394 g/mol. The minimum Gasteiger partial charge on any atom is -0.338 e. The van der Waals surface area contributed by atoms with E-state index in [1.165, 1.54) is 15.8 Å². The molecular formula is C23H27N3OS. The monoisotopic (exact) mass is 393 g/mol. The fourth-order valence-corrected chi connectivity index (χ4v) is 5.02. The molecule has 0 bridgehead atoms. The summed E-state index contributed by atoms with van der Waals surface area (Å²) in [5.41, 5.74) is 3.54. The molecule has 1 unspecified atom stereocenters. The summed E-state index contributed by atoms with van der Waals surface area (Å²) in [6, 6.07) is 17.2. The molecule has 2 heterocycles. The topological polar surface area (TPSA) is 36.4 Å². The van der Waals surface area contributed by atoms with Gasteiger partial charge >= 0.3 is 0 Å². The third-order valence-electron chi connectivity index (χ3n) is 5.58. The zero-order valence-corrected chi connectivity index (χ0v) is 17.4. The van der Waals surface area contributed by atoms with Crippen molar-refractivity contribution in [3.63, 3.8) is 0 Å². The van der Waals surface area contributed by atoms with E-state index in [2.05, 4.69) is 61.3 Å². The first-order valence-corrected chi connectivity index (χ1v) is 10.8. The summed E-state index contributed by atoms with van der Waals surface area (Å²) >= 11 is 1.77. The summed E-state index contributed by atoms with van der Waals surface area (Å²) in [7, 11) is 2.16. The molecule has 1 aromatic heterocycles. The van der Waals surface area contributed by atoms with Gasteiger partial charge in [0.1, 0.15) is 5.01 Å². The molecule has 4 rings (SSSR count). The van der Waals surface area contributed by atoms with Crippen LogP contribution in [-0.4, -0.2) is 40.3 Å². The standard InChI is InChI=1S/C23H27N3OS/c1-17-6-5-7-18(14-17)15-26-13-12-19(10-11-23(26)27)25(2)16-22-24-20-8-3-4-9-21(20)28-22/h3-9,14,19H,10-13,15-16H2,1-2H3. The Balaban J connectivity index is 1.38. The van der Waals surface area contributed by atoms with Crippen molar-refractivity contribution in [1.29, 1.82) is 0 Å². The Morgan fingerprint density at radius 1 is 1.18 bits per heavy atom. The van der Waals surface area contributed by atoms with Crippen molar-refractivity contribution >= 4 is 27.5 Å². The summed E-state index contributed by atoms with van der Waals surface area (Å²) in [4.78, 5) is 21.8. The molecule has 28 heavy (non-hydrogen) atoms. The second-order valence-corrected chi connectivity index (χ2v) is 8.89. The second-order valence-electron chi connectivity index (χ2n) is 7.78. The van der Waals surface area contributed by atoms with Crippen LogP contribution >= 0.6 is 11.3 Å². The van der Waals surface area contributed by atoms with Gasteiger partial charge in [-0.3, -0.25) is 9.69 Å². The van der Waals surface area contributed by atoms with Crippen LogP contribution in [0.3, 0.4) is 0 Å². The number of benzene rings is 2. The summed E-state index contributed by atoms with van der Waals surface area (Å²) < 4.78 is 1.24. The fourth-order valence-electron chi connectivity index (χ4n) is 3.99. The smallest absolute Gasteiger partial charge is 0.222 e. The van der Waals surface area contributed by atoms with Gasteiger partial charge < -0.3 is 4.90 Å². The molecule has 5 heteroatoms. The summed E-state index contributed by atoms with van der Waals surface area (Å²) in [6.45, 7) is 4.48. The molecule has 0 N–H and O–H groups in total. The number of carbonyl (C=O) groups excluding carboxylic acids is 1. The molecular weight excluding hydrogens is 366 g/mol. The molecule has 1 saturated heterocycles. The molecule has 4 nitrogen and oxygen atoms in total. The molecule has 0 radical (unpaired) electrons. The number of aromatic nitrogens is 1. The maximum absolute atomic E-state index is 12.6. The number of carbonyl (C=O) groups is 1. The van der Waals surface area contributed by atoms with Gasteiger partial charge in [-0.15, -0.1) is 11.3 Å². The van der Waals surface area contributed by atoms with Crippen LogP contribution in [-0.2, 0) is 17.9 Å². The van der Waals surface area contributed by atoms with Crippen LogP contribution in [0.5, 0.6) is 0 Å². The first-order chi connectivity index (χ1) is 13.6. The highest BCUT2D eigenvalue weighted by Crippen LogP contribution is 2.25. The van der Waals surface area contributed by atoms with Crippen LogP contribution < -0.4 is 0 Å². The molecule has 146 valence electrons. The number of aryl methyl sites for hydroxylation is 1. The molecule has 1 aliphatic heterocycles. The van der Waals surface area contributed by atoms with Gasteiger partial charge in [-0.2, -0.15) is 0 Å². The number of hydrogen-bond donors (Lipinski definition) is 0. The Kier molecular flexibility index (Phi) is 5.74. The highest BCUT2D eigenvalue weighted by atomic mass is 32.1. The third kappa shape index (κ3) is 4.42. The number of hydrogen-bond acceptors (Lipinski definition) is 4. The van der Waals surface area contributed by atoms with Crippen molar-refractivity contribution in [3.8, 4) is 0 Å². The molecule has 1 fully saturated rings. The Hall–Kier alpha value is -2.24. The van der Waals surface area contributed by atoms with E-state index in [1.54, 1.807) is 11.3 Å². The van der Waals surface area contributed by atoms with E-state index in [0.29, 0.717) is 12.5 Å². The molecule has 0 saturated carbocycles. The number of likely N-dealkylation sites (tertiary alicyclic amines) is 1. The zero-order valence-electron chi connectivity index (χ0n) is 16.6. The Labute approximate surface area is 170 Å². The lowest BCUT2D eigenvalue weighted by molar-refractivity contribution is -0.131. The predicted molar refractivity (Wildman–Crippen MR) is 115 cm³/mol. The SMILES string of the molecule is Cc1cccc(CN2CCC(N(C)Cc3nc4ccccc4s3)CCC2=O)c1. The van der Waals surface area contributed by atoms with Crippen LogP contribution in [0.15, 0.2) is 48.5 Å². The number of para-hydroxylation sites is 1. The van der Waals surface area contributed by atoms with Crippen LogP contribution in [0.1, 0.15) is 35.4 Å². The van der Waals surface area contributed by atoms with E-state index < -0.39 is 0 Å². The first-order valence-electron chi connectivity index (χ1n) is 9.96. The minimum absolute atomic E-state index is 0.275. The lowest BCUT2D eigenvalue weighted by Crippen LogP contribution is -2.33. The quantitative estimate of drug-likeness (QED) is 0.635. The van der Waals surface area contributed by atoms with Crippen molar-refractivity contribution in [2.75, 3.05) is 13.6 Å². The average Bonchev–Trinajstić information content (AvgIpc) is 2.99. The maximum atomic E-state index is 12.6. The molecule has 1 aliphatic rings. The number of nitrogens with zero attached hydrogens (tertiary/aromatic N) is 3. The van der Waals surface area contributed by atoms with Gasteiger partial charge in [0.05, 0.1) is 16.8 Å². The largest absolute Gasteiger partial charge is 0.338 e. The third-order valence-corrected chi connectivity index (χ3v) is 6.60. The molecule has 1 atom stereocenters. The lowest BCUT2D eigenvalue weighted by atomic mass is 10.1. The first kappa shape index (κ1) is 19.1. The van der Waals surface area contributed by atoms with E-state index in [0.717, 1.165) is 43.0 Å². The highest BCUT2D eigenvalue weighted by Gasteiger charge is 2.25. The normalized spacial score (nSPS) is 18.0. The number of thiazole rings is 1. The van der Waals surface area contributed by atoms with Gasteiger partial charge in [-0.1, -0.05) is 42.0 Å². The van der Waals surface area contributed by atoms with Gasteiger partial charge in [0, 0.05) is 25.6 Å². The zero-order chi connectivity index (χ0) is 19.5. The molecule has 0 spiro atoms. The van der Waals surface area contributed by atoms with E-state index >= 15 is 0 Å². The van der Waals surface area contributed by atoms with Gasteiger partial charge in [-0.25, -0.2) is 4.98 Å². The van der Waals surface area contributed by atoms with Crippen molar-refractivity contribution < 1.29 is 4.79 Å².